The molecule has 2 heteroatoms. The van der Waals surface area contributed by atoms with Gasteiger partial charge in [-0.2, -0.15) is 0 Å². The molecule has 0 atom stereocenters. The van der Waals surface area contributed by atoms with E-state index >= 15 is 0 Å². The molecule has 0 saturated carbocycles. The molecule has 0 saturated heterocycles. The van der Waals surface area contributed by atoms with Gasteiger partial charge in [0.15, 0.2) is 0 Å². The molecule has 1 N–H and O–H groups in total. The van der Waals surface area contributed by atoms with Crippen LogP contribution in [-0.2, 0) is 0 Å². The van der Waals surface area contributed by atoms with Crippen LogP contribution in [0.5, 0.6) is 0 Å². The minimum atomic E-state index is 0.890. The van der Waals surface area contributed by atoms with E-state index in [0.29, 0.717) is 0 Å². The molecule has 1 rings (SSSR count). The van der Waals surface area contributed by atoms with Crippen LogP contribution >= 0.6 is 12.2 Å². The van der Waals surface area contributed by atoms with Gasteiger partial charge in [-0.15, -0.1) is 0 Å². The van der Waals surface area contributed by atoms with E-state index in [2.05, 4.69) is 5.32 Å². The van der Waals surface area contributed by atoms with Crippen molar-refractivity contribution in [3.63, 3.8) is 0 Å². The van der Waals surface area contributed by atoms with Crippen molar-refractivity contribution in [1.82, 2.24) is 0 Å². The van der Waals surface area contributed by atoms with Gasteiger partial charge in [0.05, 0.1) is 0 Å². The molecule has 0 bridgehead atoms. The number of hydrogen-bond acceptors (Lipinski definition) is 2. The normalized spacial score (nSPS) is 11.1. The second-order valence-electron chi connectivity index (χ2n) is 2.93. The molecule has 0 aliphatic rings. The number of rotatable bonds is 3. The Morgan fingerprint density at radius 1 is 1.23 bits per heavy atom. The molecular weight excluding hydrogens is 178 g/mol. The first-order valence-corrected chi connectivity index (χ1v) is 4.60. The van der Waals surface area contributed by atoms with Crippen molar-refractivity contribution in [2.75, 3.05) is 5.32 Å². The fraction of sp³-hybridized carbons (Fsp3) is 0.182. The largest absolute Gasteiger partial charge is 0.359 e. The monoisotopic (exact) mass is 191 g/mol. The molecule has 1 aromatic carbocycles. The average Bonchev–Trinajstić information content (AvgIpc) is 2.04. The first-order valence-electron chi connectivity index (χ1n) is 4.19. The molecule has 0 unspecified atom stereocenters. The lowest BCUT2D eigenvalue weighted by molar-refractivity contribution is 1.38. The summed E-state index contributed by atoms with van der Waals surface area (Å²) >= 11 is 4.97. The van der Waals surface area contributed by atoms with Crippen molar-refractivity contribution >= 4 is 22.8 Å². The lowest BCUT2D eigenvalue weighted by atomic mass is 10.3. The molecule has 68 valence electrons. The maximum absolute atomic E-state index is 4.97. The van der Waals surface area contributed by atoms with Crippen molar-refractivity contribution in [2.24, 2.45) is 0 Å². The lowest BCUT2D eigenvalue weighted by Crippen LogP contribution is -1.96. The Balaban J connectivity index is 2.65. The quantitative estimate of drug-likeness (QED) is 0.580. The molecule has 0 amide bonds. The zero-order valence-electron chi connectivity index (χ0n) is 7.87. The van der Waals surface area contributed by atoms with Gasteiger partial charge in [-0.05, 0) is 32.1 Å². The highest BCUT2D eigenvalue weighted by Gasteiger charge is 1.90. The molecule has 0 radical (unpaired) electrons. The minimum absolute atomic E-state index is 0.890. The number of anilines is 1. The van der Waals surface area contributed by atoms with Crippen LogP contribution in [0.25, 0.3) is 0 Å². The standard InChI is InChI=1S/C11H13NS/c1-9(8-10(2)13)12-11-6-4-3-5-7-11/h3-8,12H,1-2H3. The molecule has 0 heterocycles. The van der Waals surface area contributed by atoms with Gasteiger partial charge in [0.2, 0.25) is 0 Å². The predicted molar refractivity (Wildman–Crippen MR) is 62.1 cm³/mol. The van der Waals surface area contributed by atoms with Crippen molar-refractivity contribution < 1.29 is 0 Å². The third-order valence-corrected chi connectivity index (χ3v) is 1.65. The van der Waals surface area contributed by atoms with Crippen LogP contribution in [0.1, 0.15) is 13.8 Å². The summed E-state index contributed by atoms with van der Waals surface area (Å²) < 4.78 is 0. The molecule has 13 heavy (non-hydrogen) atoms. The van der Waals surface area contributed by atoms with E-state index in [1.807, 2.05) is 50.3 Å². The van der Waals surface area contributed by atoms with Crippen LogP contribution in [0, 0.1) is 0 Å². The molecule has 0 spiro atoms. The summed E-state index contributed by atoms with van der Waals surface area (Å²) in [7, 11) is 0. The van der Waals surface area contributed by atoms with E-state index in [9.17, 15) is 0 Å². The Labute approximate surface area is 84.5 Å². The van der Waals surface area contributed by atoms with E-state index in [1.54, 1.807) is 0 Å². The minimum Gasteiger partial charge on any atom is -0.359 e. The summed E-state index contributed by atoms with van der Waals surface area (Å²) in [6.07, 6.45) is 1.95. The summed E-state index contributed by atoms with van der Waals surface area (Å²) in [6.45, 7) is 3.91. The SMILES string of the molecule is CC(=S)C=C(C)Nc1ccccc1. The molecule has 0 aromatic heterocycles. The number of allylic oxidation sites excluding steroid dienone is 2. The fourth-order valence-corrected chi connectivity index (χ4v) is 1.27. The Bertz CT molecular complexity index is 314. The maximum atomic E-state index is 4.97. The van der Waals surface area contributed by atoms with Gasteiger partial charge < -0.3 is 5.32 Å². The van der Waals surface area contributed by atoms with Crippen molar-refractivity contribution in [3.8, 4) is 0 Å². The highest BCUT2D eigenvalue weighted by atomic mass is 32.1. The Morgan fingerprint density at radius 2 is 1.85 bits per heavy atom. The van der Waals surface area contributed by atoms with Crippen molar-refractivity contribution in [2.45, 2.75) is 13.8 Å². The van der Waals surface area contributed by atoms with E-state index < -0.39 is 0 Å². The summed E-state index contributed by atoms with van der Waals surface area (Å²) in [5.41, 5.74) is 2.16. The predicted octanol–water partition coefficient (Wildman–Crippen LogP) is 3.39. The van der Waals surface area contributed by atoms with Gasteiger partial charge in [-0.25, -0.2) is 0 Å². The Morgan fingerprint density at radius 3 is 2.38 bits per heavy atom. The first kappa shape index (κ1) is 9.93. The fourth-order valence-electron chi connectivity index (χ4n) is 1.09. The third kappa shape index (κ3) is 3.85. The zero-order valence-corrected chi connectivity index (χ0v) is 8.69. The second-order valence-corrected chi connectivity index (χ2v) is 3.57. The number of benzene rings is 1. The molecular formula is C11H13NS. The maximum Gasteiger partial charge on any atom is 0.0381 e. The van der Waals surface area contributed by atoms with E-state index in [1.165, 1.54) is 0 Å². The van der Waals surface area contributed by atoms with E-state index in [4.69, 9.17) is 12.2 Å². The molecule has 1 nitrogen and oxygen atoms in total. The summed E-state index contributed by atoms with van der Waals surface area (Å²) in [4.78, 5) is 0.890. The average molecular weight is 191 g/mol. The number of hydrogen-bond donors (Lipinski definition) is 1. The van der Waals surface area contributed by atoms with Gasteiger partial charge in [0.1, 0.15) is 0 Å². The van der Waals surface area contributed by atoms with Gasteiger partial charge in [-0.3, -0.25) is 0 Å². The topological polar surface area (TPSA) is 12.0 Å². The van der Waals surface area contributed by atoms with E-state index in [0.717, 1.165) is 16.2 Å². The Kier molecular flexibility index (Phi) is 3.65. The highest BCUT2D eigenvalue weighted by Crippen LogP contribution is 2.08. The van der Waals surface area contributed by atoms with Gasteiger partial charge >= 0.3 is 0 Å². The van der Waals surface area contributed by atoms with Gasteiger partial charge in [0.25, 0.3) is 0 Å². The summed E-state index contributed by atoms with van der Waals surface area (Å²) in [6, 6.07) is 10.0. The first-order chi connectivity index (χ1) is 6.18. The molecule has 0 aliphatic carbocycles. The zero-order chi connectivity index (χ0) is 9.68. The van der Waals surface area contributed by atoms with Crippen LogP contribution < -0.4 is 5.32 Å². The third-order valence-electron chi connectivity index (χ3n) is 1.54. The second kappa shape index (κ2) is 4.77. The lowest BCUT2D eigenvalue weighted by Gasteiger charge is -2.05. The highest BCUT2D eigenvalue weighted by molar-refractivity contribution is 7.80. The van der Waals surface area contributed by atoms with Crippen LogP contribution in [0.3, 0.4) is 0 Å². The van der Waals surface area contributed by atoms with Crippen LogP contribution in [0.4, 0.5) is 5.69 Å². The number of thiocarbonyl (C=S) groups is 1. The van der Waals surface area contributed by atoms with E-state index in [-0.39, 0.29) is 0 Å². The van der Waals surface area contributed by atoms with Crippen molar-refractivity contribution in [3.05, 3.63) is 42.1 Å². The smallest absolute Gasteiger partial charge is 0.0381 e. The molecule has 1 aromatic rings. The van der Waals surface area contributed by atoms with Crippen molar-refractivity contribution in [1.29, 1.82) is 0 Å². The van der Waals surface area contributed by atoms with Crippen LogP contribution in [-0.4, -0.2) is 4.86 Å². The number of nitrogens with one attached hydrogen (secondary N) is 1. The van der Waals surface area contributed by atoms with Crippen LogP contribution in [0.2, 0.25) is 0 Å². The molecule has 0 fully saturated rings. The summed E-state index contributed by atoms with van der Waals surface area (Å²) in [5, 5.41) is 3.25. The van der Waals surface area contributed by atoms with Gasteiger partial charge in [-0.1, -0.05) is 30.4 Å². The summed E-state index contributed by atoms with van der Waals surface area (Å²) in [5.74, 6) is 0. The van der Waals surface area contributed by atoms with Gasteiger partial charge in [0, 0.05) is 16.2 Å². The number of para-hydroxylation sites is 1. The Hall–Kier alpha value is -1.15. The molecule has 0 aliphatic heterocycles. The van der Waals surface area contributed by atoms with Crippen LogP contribution in [0.15, 0.2) is 42.1 Å².